The summed E-state index contributed by atoms with van der Waals surface area (Å²) in [5.41, 5.74) is 9.63. The number of nitrogens with two attached hydrogens (primary N) is 1. The van der Waals surface area contributed by atoms with Crippen molar-refractivity contribution >= 4 is 11.3 Å². The van der Waals surface area contributed by atoms with Crippen LogP contribution >= 0.6 is 11.3 Å². The van der Waals surface area contributed by atoms with E-state index in [9.17, 15) is 0 Å². The fourth-order valence-electron chi connectivity index (χ4n) is 2.99. The molecule has 1 aliphatic carbocycles. The topological polar surface area (TPSA) is 38.9 Å². The van der Waals surface area contributed by atoms with Crippen LogP contribution in [0.4, 0.5) is 0 Å². The fraction of sp³-hybridized carbons (Fsp3) is 0.471. The molecule has 2 N–H and O–H groups in total. The summed E-state index contributed by atoms with van der Waals surface area (Å²) in [7, 11) is 0. The van der Waals surface area contributed by atoms with Crippen molar-refractivity contribution < 1.29 is 0 Å². The van der Waals surface area contributed by atoms with Crippen LogP contribution in [0, 0.1) is 0 Å². The Morgan fingerprint density at radius 2 is 1.85 bits per heavy atom. The normalized spacial score (nSPS) is 18.1. The largest absolute Gasteiger partial charge is 0.322 e. The zero-order valence-corrected chi connectivity index (χ0v) is 12.8. The molecule has 1 aromatic carbocycles. The van der Waals surface area contributed by atoms with E-state index in [4.69, 9.17) is 5.73 Å². The number of hydrogen-bond donors (Lipinski definition) is 1. The Hall–Kier alpha value is -1.19. The van der Waals surface area contributed by atoms with Crippen LogP contribution in [0.3, 0.4) is 0 Å². The summed E-state index contributed by atoms with van der Waals surface area (Å²) in [4.78, 5) is 4.62. The summed E-state index contributed by atoms with van der Waals surface area (Å²) >= 11 is 1.65. The number of aromatic nitrogens is 1. The zero-order valence-electron chi connectivity index (χ0n) is 12.0. The van der Waals surface area contributed by atoms with Gasteiger partial charge in [0.1, 0.15) is 5.01 Å². The first-order chi connectivity index (χ1) is 9.74. The number of benzene rings is 1. The lowest BCUT2D eigenvalue weighted by Crippen LogP contribution is -2.04. The first-order valence-corrected chi connectivity index (χ1v) is 8.43. The fourth-order valence-corrected chi connectivity index (χ4v) is 3.78. The lowest BCUT2D eigenvalue weighted by atomic mass is 9.84. The molecule has 0 saturated heterocycles. The van der Waals surface area contributed by atoms with Crippen LogP contribution in [0.1, 0.15) is 61.6 Å². The number of nitrogens with zero attached hydrogens (tertiary/aromatic N) is 1. The summed E-state index contributed by atoms with van der Waals surface area (Å²) in [6, 6.07) is 9.02. The highest BCUT2D eigenvalue weighted by Crippen LogP contribution is 2.33. The van der Waals surface area contributed by atoms with E-state index >= 15 is 0 Å². The van der Waals surface area contributed by atoms with Crippen molar-refractivity contribution in [2.45, 2.75) is 51.0 Å². The summed E-state index contributed by atoms with van der Waals surface area (Å²) in [5, 5.41) is 3.12. The molecule has 20 heavy (non-hydrogen) atoms. The molecule has 1 heterocycles. The Morgan fingerprint density at radius 3 is 2.45 bits per heavy atom. The van der Waals surface area contributed by atoms with E-state index in [-0.39, 0.29) is 6.04 Å². The minimum absolute atomic E-state index is 0.0234. The molecule has 0 radical (unpaired) electrons. The zero-order chi connectivity index (χ0) is 13.9. The van der Waals surface area contributed by atoms with Crippen molar-refractivity contribution in [3.05, 3.63) is 40.2 Å². The van der Waals surface area contributed by atoms with Gasteiger partial charge < -0.3 is 5.73 Å². The Bertz CT molecular complexity index is 551. The summed E-state index contributed by atoms with van der Waals surface area (Å²) in [6.45, 7) is 1.98. The third-order valence-electron chi connectivity index (χ3n) is 4.19. The van der Waals surface area contributed by atoms with E-state index in [0.717, 1.165) is 16.6 Å². The van der Waals surface area contributed by atoms with E-state index in [2.05, 4.69) is 34.6 Å². The van der Waals surface area contributed by atoms with Gasteiger partial charge in [-0.15, -0.1) is 11.3 Å². The van der Waals surface area contributed by atoms with Crippen LogP contribution in [0.5, 0.6) is 0 Å². The Kier molecular flexibility index (Phi) is 4.18. The second kappa shape index (κ2) is 6.06. The highest BCUT2D eigenvalue weighted by molar-refractivity contribution is 7.10. The summed E-state index contributed by atoms with van der Waals surface area (Å²) < 4.78 is 0. The molecule has 2 aromatic rings. The third-order valence-corrected chi connectivity index (χ3v) is 5.24. The highest BCUT2D eigenvalue weighted by Gasteiger charge is 2.15. The van der Waals surface area contributed by atoms with Gasteiger partial charge in [0.25, 0.3) is 0 Å². The monoisotopic (exact) mass is 286 g/mol. The van der Waals surface area contributed by atoms with Crippen molar-refractivity contribution in [3.63, 3.8) is 0 Å². The molecule has 1 fully saturated rings. The van der Waals surface area contributed by atoms with Gasteiger partial charge in [0.15, 0.2) is 0 Å². The third kappa shape index (κ3) is 2.94. The van der Waals surface area contributed by atoms with E-state index in [0.29, 0.717) is 0 Å². The molecule has 3 heteroatoms. The first kappa shape index (κ1) is 13.8. The average molecular weight is 286 g/mol. The van der Waals surface area contributed by atoms with Crippen LogP contribution in [0.2, 0.25) is 0 Å². The van der Waals surface area contributed by atoms with Crippen LogP contribution in [-0.4, -0.2) is 4.98 Å². The SMILES string of the molecule is CC(N)c1nc(-c2ccc(C3CCCCC3)cc2)cs1. The van der Waals surface area contributed by atoms with Crippen LogP contribution in [-0.2, 0) is 0 Å². The molecular weight excluding hydrogens is 264 g/mol. The van der Waals surface area contributed by atoms with Crippen LogP contribution < -0.4 is 5.73 Å². The maximum absolute atomic E-state index is 5.87. The number of hydrogen-bond acceptors (Lipinski definition) is 3. The van der Waals surface area contributed by atoms with Crippen molar-refractivity contribution in [3.8, 4) is 11.3 Å². The Balaban J connectivity index is 1.77. The molecule has 1 saturated carbocycles. The molecule has 3 rings (SSSR count). The standard InChI is InChI=1S/C17H22N2S/c1-12(18)17-19-16(11-20-17)15-9-7-14(8-10-15)13-5-3-2-4-6-13/h7-13H,2-6,18H2,1H3. The molecule has 0 aliphatic heterocycles. The molecule has 1 aromatic heterocycles. The quantitative estimate of drug-likeness (QED) is 0.873. The van der Waals surface area contributed by atoms with Gasteiger partial charge in [-0.05, 0) is 31.2 Å². The van der Waals surface area contributed by atoms with Crippen molar-refractivity contribution in [2.75, 3.05) is 0 Å². The van der Waals surface area contributed by atoms with Crippen LogP contribution in [0.25, 0.3) is 11.3 Å². The molecule has 1 aliphatic rings. The lowest BCUT2D eigenvalue weighted by molar-refractivity contribution is 0.443. The molecule has 106 valence electrons. The number of thiazole rings is 1. The van der Waals surface area contributed by atoms with Gasteiger partial charge in [-0.25, -0.2) is 4.98 Å². The minimum atomic E-state index is 0.0234. The highest BCUT2D eigenvalue weighted by atomic mass is 32.1. The molecule has 0 spiro atoms. The van der Waals surface area contributed by atoms with Gasteiger partial charge in [0.2, 0.25) is 0 Å². The summed E-state index contributed by atoms with van der Waals surface area (Å²) in [5.74, 6) is 0.771. The van der Waals surface area contributed by atoms with Crippen LogP contribution in [0.15, 0.2) is 29.6 Å². The smallest absolute Gasteiger partial charge is 0.110 e. The maximum Gasteiger partial charge on any atom is 0.110 e. The van der Waals surface area contributed by atoms with Crippen molar-refractivity contribution in [1.82, 2.24) is 4.98 Å². The van der Waals surface area contributed by atoms with Crippen molar-refractivity contribution in [1.29, 1.82) is 0 Å². The predicted molar refractivity (Wildman–Crippen MR) is 86.0 cm³/mol. The van der Waals surface area contributed by atoms with Gasteiger partial charge in [0, 0.05) is 10.9 Å². The minimum Gasteiger partial charge on any atom is -0.322 e. The van der Waals surface area contributed by atoms with Gasteiger partial charge in [-0.3, -0.25) is 0 Å². The second-order valence-corrected chi connectivity index (χ2v) is 6.71. The molecule has 2 nitrogen and oxygen atoms in total. The second-order valence-electron chi connectivity index (χ2n) is 5.82. The van der Waals surface area contributed by atoms with Gasteiger partial charge in [0.05, 0.1) is 11.7 Å². The van der Waals surface area contributed by atoms with Gasteiger partial charge >= 0.3 is 0 Å². The predicted octanol–water partition coefficient (Wildman–Crippen LogP) is 4.88. The van der Waals surface area contributed by atoms with E-state index in [1.165, 1.54) is 43.2 Å². The van der Waals surface area contributed by atoms with Gasteiger partial charge in [-0.1, -0.05) is 43.5 Å². The van der Waals surface area contributed by atoms with E-state index in [1.54, 1.807) is 11.3 Å². The molecule has 0 bridgehead atoms. The lowest BCUT2D eigenvalue weighted by Gasteiger charge is -2.22. The first-order valence-electron chi connectivity index (χ1n) is 7.55. The number of rotatable bonds is 3. The van der Waals surface area contributed by atoms with E-state index in [1.807, 2.05) is 6.92 Å². The van der Waals surface area contributed by atoms with E-state index < -0.39 is 0 Å². The maximum atomic E-state index is 5.87. The summed E-state index contributed by atoms with van der Waals surface area (Å²) in [6.07, 6.45) is 6.88. The molecule has 0 amide bonds. The van der Waals surface area contributed by atoms with Gasteiger partial charge in [-0.2, -0.15) is 0 Å². The average Bonchev–Trinajstić information content (AvgIpc) is 2.98. The molecular formula is C17H22N2S. The Morgan fingerprint density at radius 1 is 1.15 bits per heavy atom. The molecule has 1 atom stereocenters. The van der Waals surface area contributed by atoms with Crippen molar-refractivity contribution in [2.24, 2.45) is 5.73 Å². The molecule has 1 unspecified atom stereocenters. The Labute approximate surface area is 125 Å².